The Kier molecular flexibility index (Phi) is 6.24. The maximum Gasteiger partial charge on any atom is 0.336 e. The van der Waals surface area contributed by atoms with E-state index in [1.54, 1.807) is 21.0 Å². The molecule has 8 heteroatoms. The van der Waals surface area contributed by atoms with Crippen molar-refractivity contribution >= 4 is 34.3 Å². The fraction of sp³-hybridized carbons (Fsp3) is 0.240. The molecule has 0 radical (unpaired) electrons. The lowest BCUT2D eigenvalue weighted by Gasteiger charge is -2.13. The Morgan fingerprint density at radius 3 is 2.52 bits per heavy atom. The smallest absolute Gasteiger partial charge is 0.336 e. The van der Waals surface area contributed by atoms with Crippen LogP contribution in [0.2, 0.25) is 5.02 Å². The third-order valence-electron chi connectivity index (χ3n) is 5.75. The average molecular weight is 465 g/mol. The van der Waals surface area contributed by atoms with Crippen LogP contribution in [0.3, 0.4) is 0 Å². The molecule has 2 aromatic carbocycles. The molecule has 0 amide bonds. The van der Waals surface area contributed by atoms with Gasteiger partial charge in [0.2, 0.25) is 0 Å². The van der Waals surface area contributed by atoms with Gasteiger partial charge in [-0.25, -0.2) is 14.8 Å². The van der Waals surface area contributed by atoms with Crippen molar-refractivity contribution in [2.75, 3.05) is 19.0 Å². The first-order valence-corrected chi connectivity index (χ1v) is 10.9. The molecule has 0 saturated heterocycles. The van der Waals surface area contributed by atoms with Crippen molar-refractivity contribution in [1.82, 2.24) is 14.5 Å². The second-order valence-corrected chi connectivity index (χ2v) is 8.36. The van der Waals surface area contributed by atoms with E-state index in [0.717, 1.165) is 33.6 Å². The van der Waals surface area contributed by atoms with Crippen molar-refractivity contribution in [3.8, 4) is 17.0 Å². The number of nitrogens with zero attached hydrogens (tertiary/aromatic N) is 3. The number of methoxy groups -OCH3 is 1. The molecule has 0 aliphatic rings. The fourth-order valence-corrected chi connectivity index (χ4v) is 4.53. The van der Waals surface area contributed by atoms with E-state index in [4.69, 9.17) is 16.3 Å². The SMILES string of the molecule is COc1ccc(Cl)c2c1cc(C)n2CCNc1cc(-c2cc(C)c(C(=O)O)c(C)c2)ncn1. The van der Waals surface area contributed by atoms with Crippen LogP contribution in [0.5, 0.6) is 5.75 Å². The molecule has 170 valence electrons. The predicted molar refractivity (Wildman–Crippen MR) is 131 cm³/mol. The fourth-order valence-electron chi connectivity index (χ4n) is 4.26. The number of hydrogen-bond donors (Lipinski definition) is 2. The number of carboxylic acids is 1. The highest BCUT2D eigenvalue weighted by atomic mass is 35.5. The number of rotatable bonds is 7. The van der Waals surface area contributed by atoms with E-state index in [1.165, 1.54) is 6.33 Å². The normalized spacial score (nSPS) is 11.1. The summed E-state index contributed by atoms with van der Waals surface area (Å²) in [6, 6.07) is 11.4. The molecule has 0 saturated carbocycles. The van der Waals surface area contributed by atoms with Gasteiger partial charge in [-0.2, -0.15) is 0 Å². The number of carboxylic acid groups (broad SMARTS) is 1. The quantitative estimate of drug-likeness (QED) is 0.375. The van der Waals surface area contributed by atoms with Crippen LogP contribution in [0, 0.1) is 20.8 Å². The second kappa shape index (κ2) is 9.11. The minimum absolute atomic E-state index is 0.329. The van der Waals surface area contributed by atoms with Crippen molar-refractivity contribution < 1.29 is 14.6 Å². The van der Waals surface area contributed by atoms with Crippen LogP contribution >= 0.6 is 11.6 Å². The van der Waals surface area contributed by atoms with Gasteiger partial charge in [-0.15, -0.1) is 0 Å². The van der Waals surface area contributed by atoms with Gasteiger partial charge in [-0.3, -0.25) is 0 Å². The summed E-state index contributed by atoms with van der Waals surface area (Å²) in [5, 5.41) is 14.4. The topological polar surface area (TPSA) is 89.3 Å². The van der Waals surface area contributed by atoms with Gasteiger partial charge in [0, 0.05) is 35.8 Å². The van der Waals surface area contributed by atoms with Crippen molar-refractivity contribution in [3.63, 3.8) is 0 Å². The Bertz CT molecular complexity index is 1340. The summed E-state index contributed by atoms with van der Waals surface area (Å²) in [4.78, 5) is 20.2. The van der Waals surface area contributed by atoms with Crippen molar-refractivity contribution in [3.05, 3.63) is 70.1 Å². The lowest BCUT2D eigenvalue weighted by molar-refractivity contribution is 0.0695. The van der Waals surface area contributed by atoms with Gasteiger partial charge < -0.3 is 19.7 Å². The molecule has 0 unspecified atom stereocenters. The zero-order valence-electron chi connectivity index (χ0n) is 18.9. The van der Waals surface area contributed by atoms with Crippen LogP contribution in [0.15, 0.2) is 42.7 Å². The van der Waals surface area contributed by atoms with Gasteiger partial charge in [0.25, 0.3) is 0 Å². The molecule has 2 aromatic heterocycles. The molecule has 0 aliphatic carbocycles. The summed E-state index contributed by atoms with van der Waals surface area (Å²) in [5.41, 5.74) is 5.35. The summed E-state index contributed by atoms with van der Waals surface area (Å²) in [6.07, 6.45) is 1.51. The zero-order chi connectivity index (χ0) is 23.7. The average Bonchev–Trinajstić information content (AvgIpc) is 3.10. The highest BCUT2D eigenvalue weighted by Gasteiger charge is 2.15. The van der Waals surface area contributed by atoms with Crippen LogP contribution in [0.25, 0.3) is 22.2 Å². The molecular formula is C25H25ClN4O3. The van der Waals surface area contributed by atoms with Crippen LogP contribution in [0.1, 0.15) is 27.2 Å². The van der Waals surface area contributed by atoms with Gasteiger partial charge in [0.15, 0.2) is 0 Å². The van der Waals surface area contributed by atoms with Crippen LogP contribution in [-0.2, 0) is 6.54 Å². The van der Waals surface area contributed by atoms with E-state index in [-0.39, 0.29) is 0 Å². The van der Waals surface area contributed by atoms with E-state index in [9.17, 15) is 9.90 Å². The first-order chi connectivity index (χ1) is 15.8. The van der Waals surface area contributed by atoms with Crippen LogP contribution in [-0.4, -0.2) is 39.3 Å². The van der Waals surface area contributed by atoms with Crippen molar-refractivity contribution in [2.45, 2.75) is 27.3 Å². The number of aryl methyl sites for hydroxylation is 3. The second-order valence-electron chi connectivity index (χ2n) is 7.95. The van der Waals surface area contributed by atoms with E-state index in [0.29, 0.717) is 40.6 Å². The summed E-state index contributed by atoms with van der Waals surface area (Å²) in [5.74, 6) is 0.562. The molecule has 0 atom stereocenters. The maximum atomic E-state index is 11.5. The molecule has 0 fully saturated rings. The first-order valence-electron chi connectivity index (χ1n) is 10.5. The number of anilines is 1. The highest BCUT2D eigenvalue weighted by molar-refractivity contribution is 6.35. The number of aromatic nitrogens is 3. The standard InChI is InChI=1S/C25H25ClN4O3/c1-14-9-17(10-15(2)23(14)25(31)32)20-12-22(29-13-28-20)27-7-8-30-16(3)11-18-21(33-4)6-5-19(26)24(18)30/h5-6,9-13H,7-8H2,1-4H3,(H,31,32)(H,27,28,29). The molecule has 0 aliphatic heterocycles. The number of benzene rings is 2. The number of nitrogens with one attached hydrogen (secondary N) is 1. The first kappa shape index (κ1) is 22.6. The number of fused-ring (bicyclic) bond motifs is 1. The lowest BCUT2D eigenvalue weighted by atomic mass is 9.98. The Hall–Kier alpha value is -3.58. The maximum absolute atomic E-state index is 11.5. The van der Waals surface area contributed by atoms with Gasteiger partial charge >= 0.3 is 5.97 Å². The Morgan fingerprint density at radius 1 is 1.12 bits per heavy atom. The number of carbonyl (C=O) groups is 1. The molecule has 2 N–H and O–H groups in total. The molecule has 33 heavy (non-hydrogen) atoms. The number of aromatic carboxylic acids is 1. The molecule has 4 rings (SSSR count). The predicted octanol–water partition coefficient (Wildman–Crippen LogP) is 5.50. The molecule has 7 nitrogen and oxygen atoms in total. The summed E-state index contributed by atoms with van der Waals surface area (Å²) in [7, 11) is 1.65. The van der Waals surface area contributed by atoms with Gasteiger partial charge in [0.05, 0.1) is 28.9 Å². The summed E-state index contributed by atoms with van der Waals surface area (Å²) >= 11 is 6.49. The lowest BCUT2D eigenvalue weighted by Crippen LogP contribution is -2.12. The van der Waals surface area contributed by atoms with Gasteiger partial charge in [0.1, 0.15) is 17.9 Å². The molecular weight excluding hydrogens is 440 g/mol. The minimum Gasteiger partial charge on any atom is -0.496 e. The Labute approximate surface area is 197 Å². The number of ether oxygens (including phenoxy) is 1. The van der Waals surface area contributed by atoms with E-state index in [1.807, 2.05) is 37.3 Å². The van der Waals surface area contributed by atoms with Crippen molar-refractivity contribution in [1.29, 1.82) is 0 Å². The number of halogens is 1. The van der Waals surface area contributed by atoms with E-state index < -0.39 is 5.97 Å². The summed E-state index contributed by atoms with van der Waals surface area (Å²) < 4.78 is 7.64. The van der Waals surface area contributed by atoms with E-state index in [2.05, 4.69) is 25.9 Å². The molecule has 4 aromatic rings. The van der Waals surface area contributed by atoms with Crippen LogP contribution in [0.4, 0.5) is 5.82 Å². The Morgan fingerprint density at radius 2 is 1.85 bits per heavy atom. The van der Waals surface area contributed by atoms with Gasteiger partial charge in [-0.05, 0) is 62.2 Å². The zero-order valence-corrected chi connectivity index (χ0v) is 19.7. The third-order valence-corrected chi connectivity index (χ3v) is 6.05. The molecule has 0 bridgehead atoms. The number of hydrogen-bond acceptors (Lipinski definition) is 5. The van der Waals surface area contributed by atoms with Crippen molar-refractivity contribution in [2.24, 2.45) is 0 Å². The summed E-state index contributed by atoms with van der Waals surface area (Å²) in [6.45, 7) is 6.95. The largest absolute Gasteiger partial charge is 0.496 e. The Balaban J connectivity index is 1.54. The minimum atomic E-state index is -0.924. The molecule has 0 spiro atoms. The monoisotopic (exact) mass is 464 g/mol. The van der Waals surface area contributed by atoms with E-state index >= 15 is 0 Å². The van der Waals surface area contributed by atoms with Crippen LogP contribution < -0.4 is 10.1 Å². The molecule has 2 heterocycles. The highest BCUT2D eigenvalue weighted by Crippen LogP contribution is 2.34. The van der Waals surface area contributed by atoms with Gasteiger partial charge in [-0.1, -0.05) is 11.6 Å². The third kappa shape index (κ3) is 4.36.